The molecule has 0 radical (unpaired) electrons. The molecule has 0 spiro atoms. The molecule has 2 heterocycles. The average molecular weight is 410 g/mol. The van der Waals surface area contributed by atoms with E-state index in [1.807, 2.05) is 12.1 Å². The Kier molecular flexibility index (Phi) is 8.93. The highest BCUT2D eigenvalue weighted by molar-refractivity contribution is 5.88. The molecule has 0 unspecified atom stereocenters. The van der Waals surface area contributed by atoms with Crippen molar-refractivity contribution in [2.24, 2.45) is 5.92 Å². The van der Waals surface area contributed by atoms with Gasteiger partial charge < -0.3 is 25.1 Å². The number of halogens is 1. The van der Waals surface area contributed by atoms with E-state index in [2.05, 4.69) is 21.7 Å². The molecular weight excluding hydrogens is 378 g/mol. The van der Waals surface area contributed by atoms with E-state index in [1.54, 1.807) is 14.2 Å². The number of aromatic nitrogens is 1. The van der Waals surface area contributed by atoms with E-state index in [0.717, 1.165) is 60.4 Å². The fourth-order valence-corrected chi connectivity index (χ4v) is 3.76. The smallest absolute Gasteiger partial charge is 0.220 e. The number of nitrogens with one attached hydrogen (secondary N) is 3. The lowest BCUT2D eigenvalue weighted by atomic mass is 9.93. The van der Waals surface area contributed by atoms with Crippen LogP contribution in [-0.4, -0.2) is 44.7 Å². The maximum absolute atomic E-state index is 12.0. The fourth-order valence-electron chi connectivity index (χ4n) is 3.76. The number of amides is 1. The van der Waals surface area contributed by atoms with E-state index in [9.17, 15) is 4.79 Å². The van der Waals surface area contributed by atoms with E-state index < -0.39 is 0 Å². The number of carbonyl (C=O) groups is 1. The highest BCUT2D eigenvalue weighted by Gasteiger charge is 2.14. The topological polar surface area (TPSA) is 75.4 Å². The summed E-state index contributed by atoms with van der Waals surface area (Å²) in [6.45, 7) is 2.89. The van der Waals surface area contributed by atoms with Crippen LogP contribution in [0, 0.1) is 5.92 Å². The molecule has 2 aromatic rings. The van der Waals surface area contributed by atoms with Crippen LogP contribution in [0.15, 0.2) is 18.2 Å². The summed E-state index contributed by atoms with van der Waals surface area (Å²) in [6, 6.07) is 5.99. The molecule has 1 fully saturated rings. The summed E-state index contributed by atoms with van der Waals surface area (Å²) in [5.41, 5.74) is 2.15. The van der Waals surface area contributed by atoms with Gasteiger partial charge in [-0.2, -0.15) is 0 Å². The molecule has 1 aromatic heterocycles. The van der Waals surface area contributed by atoms with Gasteiger partial charge in [-0.15, -0.1) is 12.4 Å². The van der Waals surface area contributed by atoms with Crippen molar-refractivity contribution in [2.45, 2.75) is 38.5 Å². The first kappa shape index (κ1) is 22.4. The molecule has 1 amide bonds. The van der Waals surface area contributed by atoms with Crippen molar-refractivity contribution >= 4 is 29.2 Å². The summed E-state index contributed by atoms with van der Waals surface area (Å²) in [5.74, 6) is 2.46. The van der Waals surface area contributed by atoms with Crippen LogP contribution in [0.25, 0.3) is 10.9 Å². The van der Waals surface area contributed by atoms with E-state index >= 15 is 0 Å². The third-order valence-electron chi connectivity index (χ3n) is 5.37. The first-order valence-electron chi connectivity index (χ1n) is 9.90. The summed E-state index contributed by atoms with van der Waals surface area (Å²) in [7, 11) is 3.32. The number of H-pyrrole nitrogens is 1. The fraction of sp³-hybridized carbons (Fsp3) is 0.571. The third-order valence-corrected chi connectivity index (χ3v) is 5.37. The zero-order valence-electron chi connectivity index (χ0n) is 16.8. The number of methoxy groups -OCH3 is 2. The third kappa shape index (κ3) is 6.04. The highest BCUT2D eigenvalue weighted by Crippen LogP contribution is 2.31. The minimum absolute atomic E-state index is 0. The Morgan fingerprint density at radius 3 is 2.68 bits per heavy atom. The van der Waals surface area contributed by atoms with Gasteiger partial charge in [-0.3, -0.25) is 4.79 Å². The highest BCUT2D eigenvalue weighted by atomic mass is 35.5. The Labute approximate surface area is 173 Å². The second kappa shape index (κ2) is 11.2. The SMILES string of the molecule is COc1cc(OC)c2cc(CCCNC(=O)CCC3CCNCC3)[nH]c2c1.Cl. The summed E-state index contributed by atoms with van der Waals surface area (Å²) in [5, 5.41) is 7.47. The quantitative estimate of drug-likeness (QED) is 0.554. The van der Waals surface area contributed by atoms with Crippen LogP contribution in [0.1, 0.15) is 37.8 Å². The number of aromatic amines is 1. The molecule has 28 heavy (non-hydrogen) atoms. The van der Waals surface area contributed by atoms with Crippen LogP contribution in [0.4, 0.5) is 0 Å². The Bertz CT molecular complexity index is 757. The standard InChI is InChI=1S/C21H31N3O3.ClH/c1-26-17-13-19-18(20(14-17)27-2)12-16(24-19)4-3-9-23-21(25)6-5-15-7-10-22-11-8-15;/h12-15,22,24H,3-11H2,1-2H3,(H,23,25);1H. The minimum atomic E-state index is 0. The van der Waals surface area contributed by atoms with Crippen molar-refractivity contribution < 1.29 is 14.3 Å². The number of rotatable bonds is 9. The molecule has 1 saturated heterocycles. The van der Waals surface area contributed by atoms with E-state index in [0.29, 0.717) is 18.9 Å². The van der Waals surface area contributed by atoms with Crippen molar-refractivity contribution in [3.63, 3.8) is 0 Å². The molecule has 3 rings (SSSR count). The van der Waals surface area contributed by atoms with Crippen LogP contribution < -0.4 is 20.1 Å². The molecule has 0 saturated carbocycles. The number of fused-ring (bicyclic) bond motifs is 1. The van der Waals surface area contributed by atoms with Gasteiger partial charge in [0.05, 0.1) is 19.7 Å². The van der Waals surface area contributed by atoms with Crippen LogP contribution in [0.5, 0.6) is 11.5 Å². The molecule has 7 heteroatoms. The number of aryl methyl sites for hydroxylation is 1. The molecule has 1 aliphatic heterocycles. The Morgan fingerprint density at radius 2 is 1.96 bits per heavy atom. The van der Waals surface area contributed by atoms with Gasteiger partial charge in [0.2, 0.25) is 5.91 Å². The summed E-state index contributed by atoms with van der Waals surface area (Å²) >= 11 is 0. The summed E-state index contributed by atoms with van der Waals surface area (Å²) in [4.78, 5) is 15.4. The van der Waals surface area contributed by atoms with Crippen molar-refractivity contribution in [3.8, 4) is 11.5 Å². The van der Waals surface area contributed by atoms with Gasteiger partial charge >= 0.3 is 0 Å². The predicted octanol–water partition coefficient (Wildman–Crippen LogP) is 3.44. The first-order chi connectivity index (χ1) is 13.2. The van der Waals surface area contributed by atoms with E-state index in [-0.39, 0.29) is 18.3 Å². The summed E-state index contributed by atoms with van der Waals surface area (Å²) in [6.07, 6.45) is 5.84. The van der Waals surface area contributed by atoms with Gasteiger partial charge in [-0.25, -0.2) is 0 Å². The average Bonchev–Trinajstić information content (AvgIpc) is 3.12. The molecule has 1 aliphatic rings. The maximum atomic E-state index is 12.0. The van der Waals surface area contributed by atoms with Crippen molar-refractivity contribution in [1.29, 1.82) is 0 Å². The lowest BCUT2D eigenvalue weighted by molar-refractivity contribution is -0.121. The largest absolute Gasteiger partial charge is 0.497 e. The number of piperidine rings is 1. The van der Waals surface area contributed by atoms with Gasteiger partial charge in [0.25, 0.3) is 0 Å². The van der Waals surface area contributed by atoms with Gasteiger partial charge in [-0.1, -0.05) is 0 Å². The molecule has 156 valence electrons. The van der Waals surface area contributed by atoms with Gasteiger partial charge in [0, 0.05) is 36.2 Å². The number of carbonyl (C=O) groups excluding carboxylic acids is 1. The number of hydrogen-bond donors (Lipinski definition) is 3. The second-order valence-corrected chi connectivity index (χ2v) is 7.27. The zero-order chi connectivity index (χ0) is 19.1. The predicted molar refractivity (Wildman–Crippen MR) is 115 cm³/mol. The molecule has 3 N–H and O–H groups in total. The monoisotopic (exact) mass is 409 g/mol. The molecule has 6 nitrogen and oxygen atoms in total. The van der Waals surface area contributed by atoms with Gasteiger partial charge in [-0.05, 0) is 57.2 Å². The normalized spacial score (nSPS) is 14.5. The lowest BCUT2D eigenvalue weighted by Gasteiger charge is -2.22. The zero-order valence-corrected chi connectivity index (χ0v) is 17.6. The second-order valence-electron chi connectivity index (χ2n) is 7.27. The van der Waals surface area contributed by atoms with Crippen LogP contribution in [-0.2, 0) is 11.2 Å². The van der Waals surface area contributed by atoms with Crippen molar-refractivity contribution in [2.75, 3.05) is 33.9 Å². The minimum Gasteiger partial charge on any atom is -0.497 e. The molecule has 0 aliphatic carbocycles. The van der Waals surface area contributed by atoms with E-state index in [4.69, 9.17) is 9.47 Å². The number of benzene rings is 1. The number of ether oxygens (including phenoxy) is 2. The molecular formula is C21H32ClN3O3. The van der Waals surface area contributed by atoms with Gasteiger partial charge in [0.15, 0.2) is 0 Å². The van der Waals surface area contributed by atoms with Crippen LogP contribution in [0.2, 0.25) is 0 Å². The Balaban J connectivity index is 0.00000280. The van der Waals surface area contributed by atoms with E-state index in [1.165, 1.54) is 12.8 Å². The van der Waals surface area contributed by atoms with Crippen LogP contribution >= 0.6 is 12.4 Å². The molecule has 0 atom stereocenters. The van der Waals surface area contributed by atoms with Crippen LogP contribution in [0.3, 0.4) is 0 Å². The van der Waals surface area contributed by atoms with Crippen molar-refractivity contribution in [1.82, 2.24) is 15.6 Å². The summed E-state index contributed by atoms with van der Waals surface area (Å²) < 4.78 is 10.8. The Morgan fingerprint density at radius 1 is 1.18 bits per heavy atom. The van der Waals surface area contributed by atoms with Gasteiger partial charge in [0.1, 0.15) is 11.5 Å². The van der Waals surface area contributed by atoms with Crippen molar-refractivity contribution in [3.05, 3.63) is 23.9 Å². The molecule has 0 bridgehead atoms. The Hall–Kier alpha value is -1.92. The maximum Gasteiger partial charge on any atom is 0.220 e. The first-order valence-corrected chi connectivity index (χ1v) is 9.90. The number of hydrogen-bond acceptors (Lipinski definition) is 4. The molecule has 1 aromatic carbocycles. The lowest BCUT2D eigenvalue weighted by Crippen LogP contribution is -2.29.